The van der Waals surface area contributed by atoms with Crippen LogP contribution in [-0.4, -0.2) is 81.6 Å². The number of hydrogen-bond acceptors (Lipinski definition) is 10. The van der Waals surface area contributed by atoms with Gasteiger partial charge in [-0.05, 0) is 0 Å². The van der Waals surface area contributed by atoms with Crippen LogP contribution in [0.3, 0.4) is 0 Å². The first kappa shape index (κ1) is 21.6. The zero-order chi connectivity index (χ0) is 21.5. The van der Waals surface area contributed by atoms with Crippen molar-refractivity contribution in [3.63, 3.8) is 0 Å². The first-order valence-electron chi connectivity index (χ1n) is 8.64. The Balaban J connectivity index is 2.16. The number of nitrogens with zero attached hydrogens (tertiary/aromatic N) is 4. The van der Waals surface area contributed by atoms with E-state index < -0.39 is 41.4 Å². The number of anilines is 1. The maximum atomic E-state index is 12.5. The summed E-state index contributed by atoms with van der Waals surface area (Å²) in [6.07, 6.45) is -3.26. The zero-order valence-electron chi connectivity index (χ0n) is 16.2. The van der Waals surface area contributed by atoms with Gasteiger partial charge in [-0.25, -0.2) is 15.5 Å². The lowest BCUT2D eigenvalue weighted by molar-refractivity contribution is -0.124. The Morgan fingerprint density at radius 3 is 2.59 bits per heavy atom. The van der Waals surface area contributed by atoms with Gasteiger partial charge < -0.3 is 19.7 Å². The molecular formula is C16H22ClN5O7. The van der Waals surface area contributed by atoms with E-state index in [9.17, 15) is 19.8 Å². The van der Waals surface area contributed by atoms with Crippen LogP contribution >= 0.6 is 11.6 Å². The molecule has 1 amide bonds. The first-order chi connectivity index (χ1) is 13.7. The molecular weight excluding hydrogens is 410 g/mol. The number of aliphatic hydroxyl groups is 2. The maximum absolute atomic E-state index is 12.5. The average Bonchev–Trinajstić information content (AvgIpc) is 3.18. The summed E-state index contributed by atoms with van der Waals surface area (Å²) in [4.78, 5) is 39.0. The quantitative estimate of drug-likeness (QED) is 0.300. The van der Waals surface area contributed by atoms with Crippen molar-refractivity contribution in [2.24, 2.45) is 4.99 Å². The third-order valence-corrected chi connectivity index (χ3v) is 5.18. The molecule has 160 valence electrons. The molecule has 1 aromatic rings. The van der Waals surface area contributed by atoms with Gasteiger partial charge in [0, 0.05) is 21.0 Å². The fourth-order valence-electron chi connectivity index (χ4n) is 3.34. The standard InChI is InChI=1S/C16H22ClN5O7/c1-7(23)16(17)19-13(20-28-4)10-14(22(16)8(2)24)21(6-18-10)15-12(26)11(25)9(29-15)5-27-3/h6,9,11-12,15,25-26H,5H2,1-4H3,(H,19,20)/t9-,11?,12?,15-,16?/m1/s1. The third-order valence-electron chi connectivity index (χ3n) is 4.66. The summed E-state index contributed by atoms with van der Waals surface area (Å²) in [5.74, 6) is -1.18. The van der Waals surface area contributed by atoms with E-state index in [1.165, 1.54) is 39.0 Å². The van der Waals surface area contributed by atoms with Gasteiger partial charge in [0.15, 0.2) is 29.4 Å². The molecule has 0 radical (unpaired) electrons. The normalized spacial score (nSPS) is 31.4. The number of aliphatic hydroxyl groups excluding tert-OH is 2. The SMILES string of the molecule is COC[C@H]1O[C@@H](n2cnc3c2N(C(C)=O)C(Cl)(C(C)=O)N=C3NOC)C(O)C1O. The molecule has 0 spiro atoms. The van der Waals surface area contributed by atoms with Crippen LogP contribution in [0, 0.1) is 0 Å². The number of alkyl halides is 1. The third kappa shape index (κ3) is 3.41. The summed E-state index contributed by atoms with van der Waals surface area (Å²) < 4.78 is 12.0. The minimum absolute atomic E-state index is 0.00502. The number of nitrogens with one attached hydrogen (secondary N) is 1. The number of amides is 1. The van der Waals surface area contributed by atoms with Crippen LogP contribution in [0.1, 0.15) is 25.8 Å². The van der Waals surface area contributed by atoms with Crippen LogP contribution in [0.15, 0.2) is 11.3 Å². The van der Waals surface area contributed by atoms with Gasteiger partial charge in [-0.1, -0.05) is 11.6 Å². The summed E-state index contributed by atoms with van der Waals surface area (Å²) in [7, 11) is 2.76. The number of ketones is 1. The average molecular weight is 432 g/mol. The van der Waals surface area contributed by atoms with Crippen molar-refractivity contribution in [1.29, 1.82) is 0 Å². The number of hydrogen-bond donors (Lipinski definition) is 3. The van der Waals surface area contributed by atoms with Crippen molar-refractivity contribution < 1.29 is 34.1 Å². The van der Waals surface area contributed by atoms with Gasteiger partial charge in [0.25, 0.3) is 5.12 Å². The first-order valence-corrected chi connectivity index (χ1v) is 9.02. The van der Waals surface area contributed by atoms with Crippen molar-refractivity contribution in [1.82, 2.24) is 15.0 Å². The van der Waals surface area contributed by atoms with Crippen LogP contribution in [0.25, 0.3) is 0 Å². The highest BCUT2D eigenvalue weighted by Crippen LogP contribution is 2.41. The number of halogens is 1. The Bertz CT molecular complexity index is 846. The van der Waals surface area contributed by atoms with E-state index >= 15 is 0 Å². The molecule has 0 bridgehead atoms. The lowest BCUT2D eigenvalue weighted by atomic mass is 10.1. The summed E-state index contributed by atoms with van der Waals surface area (Å²) in [6, 6.07) is 0. The number of aromatic nitrogens is 2. The Hall–Kier alpha value is -2.09. The molecule has 0 saturated carbocycles. The monoisotopic (exact) mass is 431 g/mol. The lowest BCUT2D eigenvalue weighted by Gasteiger charge is -2.38. The molecule has 2 aliphatic heterocycles. The molecule has 3 heterocycles. The highest BCUT2D eigenvalue weighted by Gasteiger charge is 2.52. The van der Waals surface area contributed by atoms with Gasteiger partial charge in [-0.15, -0.1) is 0 Å². The van der Waals surface area contributed by atoms with E-state index in [0.717, 1.165) is 4.90 Å². The highest BCUT2D eigenvalue weighted by molar-refractivity contribution is 6.40. The molecule has 0 aromatic carbocycles. The molecule has 3 unspecified atom stereocenters. The summed E-state index contributed by atoms with van der Waals surface area (Å²) in [6.45, 7) is 2.43. The summed E-state index contributed by atoms with van der Waals surface area (Å²) >= 11 is 6.47. The van der Waals surface area contributed by atoms with Crippen LogP contribution in [0.5, 0.6) is 0 Å². The number of carbonyl (C=O) groups excluding carboxylic acids is 2. The van der Waals surface area contributed by atoms with E-state index in [1.807, 2.05) is 0 Å². The zero-order valence-corrected chi connectivity index (χ0v) is 17.0. The summed E-state index contributed by atoms with van der Waals surface area (Å²) in [5.41, 5.74) is 2.63. The minimum Gasteiger partial charge on any atom is -0.387 e. The fourth-order valence-corrected chi connectivity index (χ4v) is 3.63. The van der Waals surface area contributed by atoms with Gasteiger partial charge in [0.05, 0.1) is 20.0 Å². The molecule has 5 atom stereocenters. The van der Waals surface area contributed by atoms with Crippen LogP contribution < -0.4 is 10.4 Å². The Morgan fingerprint density at radius 2 is 2.03 bits per heavy atom. The largest absolute Gasteiger partial charge is 0.387 e. The minimum atomic E-state index is -2.11. The van der Waals surface area contributed by atoms with Crippen molar-refractivity contribution >= 4 is 34.9 Å². The summed E-state index contributed by atoms with van der Waals surface area (Å²) in [5, 5.41) is 18.7. The van der Waals surface area contributed by atoms with E-state index in [1.54, 1.807) is 0 Å². The molecule has 29 heavy (non-hydrogen) atoms. The van der Waals surface area contributed by atoms with E-state index in [4.69, 9.17) is 25.9 Å². The van der Waals surface area contributed by atoms with Crippen molar-refractivity contribution in [2.45, 2.75) is 43.5 Å². The fraction of sp³-hybridized carbons (Fsp3) is 0.625. The lowest BCUT2D eigenvalue weighted by Crippen LogP contribution is -2.56. The van der Waals surface area contributed by atoms with Crippen LogP contribution in [-0.2, 0) is 23.9 Å². The Labute approximate surface area is 171 Å². The number of hydroxylamine groups is 1. The maximum Gasteiger partial charge on any atom is 0.278 e. The molecule has 1 aromatic heterocycles. The van der Waals surface area contributed by atoms with Gasteiger partial charge in [0.1, 0.15) is 18.3 Å². The number of ether oxygens (including phenoxy) is 2. The number of carbonyl (C=O) groups is 2. The number of amidine groups is 1. The molecule has 12 nitrogen and oxygen atoms in total. The molecule has 0 aliphatic carbocycles. The highest BCUT2D eigenvalue weighted by atomic mass is 35.5. The van der Waals surface area contributed by atoms with Gasteiger partial charge in [-0.3, -0.25) is 23.9 Å². The molecule has 13 heteroatoms. The Kier molecular flexibility index (Phi) is 5.94. The number of fused-ring (bicyclic) bond motifs is 1. The van der Waals surface area contributed by atoms with E-state index in [0.29, 0.717) is 0 Å². The molecule has 1 fully saturated rings. The topological polar surface area (TPSA) is 148 Å². The second-order valence-electron chi connectivity index (χ2n) is 6.59. The van der Waals surface area contributed by atoms with E-state index in [2.05, 4.69) is 15.5 Å². The second kappa shape index (κ2) is 7.97. The predicted molar refractivity (Wildman–Crippen MR) is 99.1 cm³/mol. The van der Waals surface area contributed by atoms with Crippen molar-refractivity contribution in [2.75, 3.05) is 25.7 Å². The molecule has 1 saturated heterocycles. The van der Waals surface area contributed by atoms with E-state index in [-0.39, 0.29) is 24.0 Å². The van der Waals surface area contributed by atoms with Gasteiger partial charge in [0.2, 0.25) is 5.91 Å². The second-order valence-corrected chi connectivity index (χ2v) is 7.12. The Morgan fingerprint density at radius 1 is 1.34 bits per heavy atom. The molecule has 3 rings (SSSR count). The number of methoxy groups -OCH3 is 1. The smallest absolute Gasteiger partial charge is 0.278 e. The molecule has 3 N–H and O–H groups in total. The van der Waals surface area contributed by atoms with Crippen molar-refractivity contribution in [3.05, 3.63) is 12.0 Å². The van der Waals surface area contributed by atoms with Crippen LogP contribution in [0.4, 0.5) is 5.82 Å². The number of rotatable bonds is 5. The number of imidazole rings is 1. The predicted octanol–water partition coefficient (Wildman–Crippen LogP) is -1.11. The number of Topliss-reactive ketones (excluding diaryl/α,β-unsaturated/α-hetero) is 1. The van der Waals surface area contributed by atoms with Gasteiger partial charge >= 0.3 is 0 Å². The van der Waals surface area contributed by atoms with Crippen molar-refractivity contribution in [3.8, 4) is 0 Å². The van der Waals surface area contributed by atoms with Gasteiger partial charge in [-0.2, -0.15) is 0 Å². The van der Waals surface area contributed by atoms with Crippen LogP contribution in [0.2, 0.25) is 0 Å². The number of aliphatic imine (C=N–C) groups is 1. The molecule has 2 aliphatic rings.